The minimum Gasteiger partial charge on any atom is -0.212 e. The Morgan fingerprint density at radius 2 is 2.19 bits per heavy atom. The molecular formula is C10H16ClNO2S2. The van der Waals surface area contributed by atoms with Crippen molar-refractivity contribution in [2.24, 2.45) is 5.92 Å². The van der Waals surface area contributed by atoms with Gasteiger partial charge < -0.3 is 0 Å². The summed E-state index contributed by atoms with van der Waals surface area (Å²) in [4.78, 5) is 0. The van der Waals surface area contributed by atoms with E-state index in [9.17, 15) is 8.42 Å². The molecule has 0 fully saturated rings. The summed E-state index contributed by atoms with van der Waals surface area (Å²) in [6, 6.07) is 0. The van der Waals surface area contributed by atoms with Crippen molar-refractivity contribution in [3.8, 4) is 0 Å². The highest BCUT2D eigenvalue weighted by atomic mass is 35.5. The van der Waals surface area contributed by atoms with Crippen LogP contribution in [0, 0.1) is 12.8 Å². The molecule has 92 valence electrons. The van der Waals surface area contributed by atoms with Gasteiger partial charge in [-0.1, -0.05) is 6.92 Å². The van der Waals surface area contributed by atoms with Crippen LogP contribution in [0.2, 0.25) is 0 Å². The molecule has 1 heterocycles. The summed E-state index contributed by atoms with van der Waals surface area (Å²) in [7, 11) is -3.22. The van der Waals surface area contributed by atoms with Crippen molar-refractivity contribution in [3.63, 3.8) is 0 Å². The Kier molecular flexibility index (Phi) is 5.24. The zero-order chi connectivity index (χ0) is 12.2. The molecule has 1 atom stereocenters. The average Bonchev–Trinajstić information content (AvgIpc) is 2.60. The van der Waals surface area contributed by atoms with Crippen LogP contribution >= 0.6 is 22.9 Å². The maximum absolute atomic E-state index is 11.6. The third-order valence-corrected chi connectivity index (χ3v) is 5.24. The van der Waals surface area contributed by atoms with Crippen LogP contribution in [0.3, 0.4) is 0 Å². The topological polar surface area (TPSA) is 46.2 Å². The Morgan fingerprint density at radius 3 is 2.69 bits per heavy atom. The highest BCUT2D eigenvalue weighted by molar-refractivity contribution is 7.89. The van der Waals surface area contributed by atoms with Crippen LogP contribution in [-0.4, -0.2) is 20.1 Å². The first-order chi connectivity index (χ1) is 7.44. The van der Waals surface area contributed by atoms with Gasteiger partial charge in [0.1, 0.15) is 0 Å². The Morgan fingerprint density at radius 1 is 1.50 bits per heavy atom. The molecule has 6 heteroatoms. The molecule has 0 saturated carbocycles. The Balaban J connectivity index is 2.52. The van der Waals surface area contributed by atoms with Gasteiger partial charge in [0, 0.05) is 12.4 Å². The van der Waals surface area contributed by atoms with E-state index in [0.29, 0.717) is 12.4 Å². The molecule has 1 unspecified atom stereocenters. The molecule has 0 aliphatic heterocycles. The molecule has 1 aromatic heterocycles. The van der Waals surface area contributed by atoms with Gasteiger partial charge in [0.15, 0.2) is 0 Å². The first kappa shape index (κ1) is 14.0. The van der Waals surface area contributed by atoms with Crippen LogP contribution in [-0.2, 0) is 16.6 Å². The summed E-state index contributed by atoms with van der Waals surface area (Å²) in [6.45, 7) is 4.16. The molecule has 0 radical (unpaired) electrons. The van der Waals surface area contributed by atoms with Gasteiger partial charge in [0.2, 0.25) is 10.0 Å². The van der Waals surface area contributed by atoms with E-state index in [1.807, 2.05) is 24.6 Å². The number of hydrogen-bond acceptors (Lipinski definition) is 3. The van der Waals surface area contributed by atoms with Gasteiger partial charge in [-0.25, -0.2) is 13.1 Å². The van der Waals surface area contributed by atoms with Crippen molar-refractivity contribution in [2.75, 3.05) is 11.6 Å². The SMILES string of the molecule is Cc1cscc1CNS(=O)(=O)CC(C)CCl. The zero-order valence-corrected chi connectivity index (χ0v) is 11.8. The highest BCUT2D eigenvalue weighted by Gasteiger charge is 2.15. The van der Waals surface area contributed by atoms with Crippen LogP contribution < -0.4 is 4.72 Å². The standard InChI is InChI=1S/C10H16ClNO2S2/c1-8(3-11)7-16(13,14)12-4-10-6-15-5-9(10)2/h5-6,8,12H,3-4,7H2,1-2H3. The summed E-state index contributed by atoms with van der Waals surface area (Å²) in [5.41, 5.74) is 2.16. The molecule has 16 heavy (non-hydrogen) atoms. The van der Waals surface area contributed by atoms with E-state index in [1.165, 1.54) is 0 Å². The van der Waals surface area contributed by atoms with E-state index in [1.54, 1.807) is 11.3 Å². The molecule has 3 nitrogen and oxygen atoms in total. The zero-order valence-electron chi connectivity index (χ0n) is 9.36. The van der Waals surface area contributed by atoms with Crippen LogP contribution in [0.4, 0.5) is 0 Å². The monoisotopic (exact) mass is 281 g/mol. The molecule has 1 aromatic rings. The van der Waals surface area contributed by atoms with Gasteiger partial charge >= 0.3 is 0 Å². The van der Waals surface area contributed by atoms with Crippen molar-refractivity contribution in [1.82, 2.24) is 4.72 Å². The van der Waals surface area contributed by atoms with Gasteiger partial charge in [0.25, 0.3) is 0 Å². The first-order valence-electron chi connectivity index (χ1n) is 4.99. The van der Waals surface area contributed by atoms with E-state index in [0.717, 1.165) is 11.1 Å². The fraction of sp³-hybridized carbons (Fsp3) is 0.600. The largest absolute Gasteiger partial charge is 0.212 e. The van der Waals surface area contributed by atoms with Crippen molar-refractivity contribution < 1.29 is 8.42 Å². The molecule has 0 aromatic carbocycles. The van der Waals surface area contributed by atoms with Crippen LogP contribution in [0.1, 0.15) is 18.1 Å². The summed E-state index contributed by atoms with van der Waals surface area (Å²) < 4.78 is 25.9. The lowest BCUT2D eigenvalue weighted by Gasteiger charge is -2.09. The highest BCUT2D eigenvalue weighted by Crippen LogP contribution is 2.13. The lowest BCUT2D eigenvalue weighted by molar-refractivity contribution is 0.568. The van der Waals surface area contributed by atoms with E-state index < -0.39 is 10.0 Å². The van der Waals surface area contributed by atoms with Gasteiger partial charge in [-0.2, -0.15) is 11.3 Å². The fourth-order valence-electron chi connectivity index (χ4n) is 1.23. The van der Waals surface area contributed by atoms with Crippen molar-refractivity contribution >= 4 is 33.0 Å². The summed E-state index contributed by atoms with van der Waals surface area (Å²) >= 11 is 7.17. The minimum absolute atomic E-state index is 0.0252. The lowest BCUT2D eigenvalue weighted by atomic mass is 10.2. The second-order valence-corrected chi connectivity index (χ2v) is 6.85. The average molecular weight is 282 g/mol. The van der Waals surface area contributed by atoms with Crippen LogP contribution in [0.5, 0.6) is 0 Å². The summed E-state index contributed by atoms with van der Waals surface area (Å²) in [6.07, 6.45) is 0. The number of alkyl halides is 1. The number of hydrogen-bond donors (Lipinski definition) is 1. The molecule has 0 spiro atoms. The third kappa shape index (κ3) is 4.41. The maximum atomic E-state index is 11.6. The Labute approximate surface area is 106 Å². The normalized spacial score (nSPS) is 13.9. The number of sulfonamides is 1. The van der Waals surface area contributed by atoms with Crippen molar-refractivity contribution in [2.45, 2.75) is 20.4 Å². The Bertz CT molecular complexity index is 428. The second kappa shape index (κ2) is 6.00. The predicted octanol–water partition coefficient (Wildman–Crippen LogP) is 2.35. The number of halogens is 1. The lowest BCUT2D eigenvalue weighted by Crippen LogP contribution is -2.29. The van der Waals surface area contributed by atoms with Gasteiger partial charge in [-0.3, -0.25) is 0 Å². The molecule has 0 aliphatic carbocycles. The van der Waals surface area contributed by atoms with Gasteiger partial charge in [-0.15, -0.1) is 11.6 Å². The molecule has 1 N–H and O–H groups in total. The Hall–Kier alpha value is -0.100. The van der Waals surface area contributed by atoms with Crippen molar-refractivity contribution in [3.05, 3.63) is 21.9 Å². The number of rotatable bonds is 6. The minimum atomic E-state index is -3.22. The number of thiophene rings is 1. The van der Waals surface area contributed by atoms with Gasteiger partial charge in [0.05, 0.1) is 5.75 Å². The smallest absolute Gasteiger partial charge is 0.212 e. The van der Waals surface area contributed by atoms with Crippen LogP contribution in [0.25, 0.3) is 0 Å². The predicted molar refractivity (Wildman–Crippen MR) is 69.6 cm³/mol. The number of nitrogens with one attached hydrogen (secondary N) is 1. The van der Waals surface area contributed by atoms with Gasteiger partial charge in [-0.05, 0) is 34.7 Å². The fourth-order valence-corrected chi connectivity index (χ4v) is 3.69. The van der Waals surface area contributed by atoms with E-state index in [-0.39, 0.29) is 11.7 Å². The molecule has 1 rings (SSSR count). The molecule has 0 saturated heterocycles. The van der Waals surface area contributed by atoms with E-state index in [2.05, 4.69) is 4.72 Å². The van der Waals surface area contributed by atoms with E-state index >= 15 is 0 Å². The maximum Gasteiger partial charge on any atom is 0.212 e. The molecule has 0 bridgehead atoms. The van der Waals surface area contributed by atoms with E-state index in [4.69, 9.17) is 11.6 Å². The number of aryl methyl sites for hydroxylation is 1. The summed E-state index contributed by atoms with van der Waals surface area (Å²) in [5.74, 6) is 0.417. The third-order valence-electron chi connectivity index (χ3n) is 2.21. The quantitative estimate of drug-likeness (QED) is 0.814. The molecular weight excluding hydrogens is 266 g/mol. The van der Waals surface area contributed by atoms with Crippen LogP contribution in [0.15, 0.2) is 10.8 Å². The van der Waals surface area contributed by atoms with Crippen molar-refractivity contribution in [1.29, 1.82) is 0 Å². The second-order valence-electron chi connectivity index (χ2n) is 3.94. The molecule has 0 amide bonds. The summed E-state index contributed by atoms with van der Waals surface area (Å²) in [5, 5.41) is 3.97. The molecule has 0 aliphatic rings. The first-order valence-corrected chi connectivity index (χ1v) is 8.12.